The lowest BCUT2D eigenvalue weighted by atomic mass is 9.64. The quantitative estimate of drug-likeness (QED) is 0.178. The van der Waals surface area contributed by atoms with Crippen molar-refractivity contribution in [2.24, 2.45) is 0 Å². The minimum atomic E-state index is -0.463. The van der Waals surface area contributed by atoms with E-state index in [-0.39, 0.29) is 0 Å². The van der Waals surface area contributed by atoms with Gasteiger partial charge in [-0.05, 0) is 57.6 Å². The molecule has 0 radical (unpaired) electrons. The van der Waals surface area contributed by atoms with Crippen LogP contribution in [0.25, 0.3) is 45.0 Å². The van der Waals surface area contributed by atoms with Crippen molar-refractivity contribution in [3.05, 3.63) is 216 Å². The van der Waals surface area contributed by atoms with Gasteiger partial charge in [-0.3, -0.25) is 0 Å². The van der Waals surface area contributed by atoms with E-state index in [1.807, 2.05) is 48.2 Å². The molecule has 2 nitrogen and oxygen atoms in total. The lowest BCUT2D eigenvalue weighted by molar-refractivity contribution is 0.703. The van der Waals surface area contributed by atoms with Gasteiger partial charge >= 0.3 is 0 Å². The van der Waals surface area contributed by atoms with Crippen LogP contribution in [0.5, 0.6) is 0 Å². The van der Waals surface area contributed by atoms with Crippen molar-refractivity contribution in [2.45, 2.75) is 15.2 Å². The standard InChI is InChI=1S/C47H32N2S/c1-5-15-34(16-6-1)42-32-43(35-17-7-2-8-18-35)49-46(48-42)36-27-25-33(26-28-36)37-29-30-45-41(31-37)47(38-19-9-3-10-20-38,39-21-11-4-12-22-39)40-23-13-14-24-44(40)50-45/h1-32H. The van der Waals surface area contributed by atoms with E-state index in [1.54, 1.807) is 0 Å². The Bertz CT molecular complexity index is 2330. The number of aromatic nitrogens is 2. The Kier molecular flexibility index (Phi) is 7.68. The minimum absolute atomic E-state index is 0.463. The summed E-state index contributed by atoms with van der Waals surface area (Å²) in [6.07, 6.45) is 0. The van der Waals surface area contributed by atoms with Crippen molar-refractivity contribution in [1.29, 1.82) is 0 Å². The smallest absolute Gasteiger partial charge is 0.160 e. The summed E-state index contributed by atoms with van der Waals surface area (Å²) in [5.74, 6) is 0.711. The molecule has 2 heterocycles. The van der Waals surface area contributed by atoms with Gasteiger partial charge in [-0.2, -0.15) is 0 Å². The Labute approximate surface area is 297 Å². The van der Waals surface area contributed by atoms with Crippen LogP contribution in [-0.2, 0) is 5.41 Å². The van der Waals surface area contributed by atoms with Gasteiger partial charge in [0.2, 0.25) is 0 Å². The van der Waals surface area contributed by atoms with Crippen LogP contribution in [0.3, 0.4) is 0 Å². The van der Waals surface area contributed by atoms with Gasteiger partial charge in [-0.1, -0.05) is 182 Å². The third-order valence-electron chi connectivity index (χ3n) is 9.65. The fourth-order valence-corrected chi connectivity index (χ4v) is 8.46. The number of rotatable bonds is 6. The third kappa shape index (κ3) is 5.24. The molecule has 0 N–H and O–H groups in total. The second-order valence-corrected chi connectivity index (χ2v) is 13.6. The van der Waals surface area contributed by atoms with Gasteiger partial charge in [0.15, 0.2) is 5.82 Å². The summed E-state index contributed by atoms with van der Waals surface area (Å²) >= 11 is 1.86. The van der Waals surface area contributed by atoms with Crippen LogP contribution < -0.4 is 0 Å². The Morgan fingerprint density at radius 3 is 1.38 bits per heavy atom. The predicted octanol–water partition coefficient (Wildman–Crippen LogP) is 12.0. The maximum Gasteiger partial charge on any atom is 0.160 e. The molecule has 8 aromatic rings. The molecule has 0 spiro atoms. The SMILES string of the molecule is c1ccc(-c2cc(-c3ccccc3)nc(-c3ccc(-c4ccc5c(c4)C(c4ccccc4)(c4ccccc4)c4ccccc4S5)cc3)n2)cc1. The van der Waals surface area contributed by atoms with Crippen LogP contribution in [0.4, 0.5) is 0 Å². The first-order chi connectivity index (χ1) is 24.8. The molecule has 0 unspecified atom stereocenters. The van der Waals surface area contributed by atoms with Crippen molar-refractivity contribution in [3.63, 3.8) is 0 Å². The lowest BCUT2D eigenvalue weighted by Crippen LogP contribution is -2.34. The van der Waals surface area contributed by atoms with Gasteiger partial charge in [0.05, 0.1) is 16.8 Å². The normalized spacial score (nSPS) is 12.9. The summed E-state index contributed by atoms with van der Waals surface area (Å²) in [4.78, 5) is 12.7. The highest BCUT2D eigenvalue weighted by Gasteiger charge is 2.44. The fraction of sp³-hybridized carbons (Fsp3) is 0.0213. The molecule has 9 rings (SSSR count). The lowest BCUT2D eigenvalue weighted by Gasteiger charge is -2.42. The molecule has 236 valence electrons. The van der Waals surface area contributed by atoms with Crippen LogP contribution in [0.2, 0.25) is 0 Å². The summed E-state index contributed by atoms with van der Waals surface area (Å²) in [7, 11) is 0. The van der Waals surface area contributed by atoms with Crippen LogP contribution in [0.1, 0.15) is 22.3 Å². The first-order valence-corrected chi connectivity index (χ1v) is 17.7. The zero-order valence-electron chi connectivity index (χ0n) is 27.3. The number of fused-ring (bicyclic) bond motifs is 2. The molecule has 0 amide bonds. The van der Waals surface area contributed by atoms with E-state index < -0.39 is 5.41 Å². The molecular formula is C47H32N2S. The fourth-order valence-electron chi connectivity index (χ4n) is 7.29. The molecule has 7 aromatic carbocycles. The highest BCUT2D eigenvalue weighted by Crippen LogP contribution is 2.56. The van der Waals surface area contributed by atoms with Gasteiger partial charge in [0.1, 0.15) is 0 Å². The number of hydrogen-bond donors (Lipinski definition) is 0. The zero-order chi connectivity index (χ0) is 33.3. The molecule has 1 aliphatic rings. The van der Waals surface area contributed by atoms with Crippen LogP contribution in [-0.4, -0.2) is 9.97 Å². The summed E-state index contributed by atoms with van der Waals surface area (Å²) in [5, 5.41) is 0. The molecule has 0 saturated carbocycles. The number of hydrogen-bond acceptors (Lipinski definition) is 3. The highest BCUT2D eigenvalue weighted by atomic mass is 32.2. The van der Waals surface area contributed by atoms with E-state index in [2.05, 4.69) is 158 Å². The molecule has 0 atom stereocenters. The van der Waals surface area contributed by atoms with E-state index in [4.69, 9.17) is 9.97 Å². The molecular weight excluding hydrogens is 625 g/mol. The van der Waals surface area contributed by atoms with Gasteiger partial charge < -0.3 is 0 Å². The summed E-state index contributed by atoms with van der Waals surface area (Å²) in [5.41, 5.74) is 11.9. The molecule has 0 fully saturated rings. The zero-order valence-corrected chi connectivity index (χ0v) is 28.1. The van der Waals surface area contributed by atoms with Crippen molar-refractivity contribution in [2.75, 3.05) is 0 Å². The average Bonchev–Trinajstić information content (AvgIpc) is 3.21. The molecule has 0 saturated heterocycles. The Balaban J connectivity index is 1.17. The van der Waals surface area contributed by atoms with Gasteiger partial charge in [0, 0.05) is 26.5 Å². The van der Waals surface area contributed by atoms with Crippen molar-refractivity contribution >= 4 is 11.8 Å². The van der Waals surface area contributed by atoms with Gasteiger partial charge in [0.25, 0.3) is 0 Å². The predicted molar refractivity (Wildman–Crippen MR) is 206 cm³/mol. The van der Waals surface area contributed by atoms with E-state index in [0.29, 0.717) is 5.82 Å². The Morgan fingerprint density at radius 1 is 0.340 bits per heavy atom. The summed E-state index contributed by atoms with van der Waals surface area (Å²) < 4.78 is 0. The monoisotopic (exact) mass is 656 g/mol. The molecule has 50 heavy (non-hydrogen) atoms. The minimum Gasteiger partial charge on any atom is -0.228 e. The average molecular weight is 657 g/mol. The molecule has 0 bridgehead atoms. The van der Waals surface area contributed by atoms with E-state index in [0.717, 1.165) is 33.6 Å². The molecule has 0 aliphatic carbocycles. The second kappa shape index (κ2) is 12.8. The van der Waals surface area contributed by atoms with Crippen LogP contribution >= 0.6 is 11.8 Å². The Morgan fingerprint density at radius 2 is 0.800 bits per heavy atom. The van der Waals surface area contributed by atoms with Crippen LogP contribution in [0.15, 0.2) is 204 Å². The number of nitrogens with zero attached hydrogens (tertiary/aromatic N) is 2. The second-order valence-electron chi connectivity index (χ2n) is 12.6. The van der Waals surface area contributed by atoms with E-state index in [1.165, 1.54) is 37.6 Å². The molecule has 3 heteroatoms. The van der Waals surface area contributed by atoms with E-state index in [9.17, 15) is 0 Å². The number of benzene rings is 7. The van der Waals surface area contributed by atoms with E-state index >= 15 is 0 Å². The molecule has 1 aromatic heterocycles. The summed E-state index contributed by atoms with van der Waals surface area (Å²) in [6, 6.07) is 69.2. The van der Waals surface area contributed by atoms with Crippen molar-refractivity contribution in [1.82, 2.24) is 9.97 Å². The third-order valence-corrected chi connectivity index (χ3v) is 10.8. The maximum atomic E-state index is 5.05. The van der Waals surface area contributed by atoms with Gasteiger partial charge in [-0.15, -0.1) is 0 Å². The largest absolute Gasteiger partial charge is 0.228 e. The van der Waals surface area contributed by atoms with Gasteiger partial charge in [-0.25, -0.2) is 9.97 Å². The van der Waals surface area contributed by atoms with Crippen molar-refractivity contribution < 1.29 is 0 Å². The maximum absolute atomic E-state index is 5.05. The Hall–Kier alpha value is -6.03. The first-order valence-electron chi connectivity index (χ1n) is 16.9. The first kappa shape index (κ1) is 30.1. The highest BCUT2D eigenvalue weighted by molar-refractivity contribution is 7.99. The van der Waals surface area contributed by atoms with Crippen LogP contribution in [0, 0.1) is 0 Å². The topological polar surface area (TPSA) is 25.8 Å². The van der Waals surface area contributed by atoms with Crippen molar-refractivity contribution in [3.8, 4) is 45.0 Å². The molecule has 1 aliphatic heterocycles. The summed E-state index contributed by atoms with van der Waals surface area (Å²) in [6.45, 7) is 0.